The number of alkyl carbamates (subject to hydrolysis) is 1. The number of hydrogen-bond donors (Lipinski definition) is 7. The summed E-state index contributed by atoms with van der Waals surface area (Å²) in [5, 5.41) is 52.2. The number of allylic oxidation sites excluding steroid dienone is 2. The van der Waals surface area contributed by atoms with Gasteiger partial charge in [-0.2, -0.15) is 17.2 Å². The summed E-state index contributed by atoms with van der Waals surface area (Å²) in [4.78, 5) is 32.7. The molecule has 17 nitrogen and oxygen atoms in total. The van der Waals surface area contributed by atoms with Crippen LogP contribution in [0.4, 0.5) is 4.79 Å². The highest BCUT2D eigenvalue weighted by atomic mass is 33.5. The van der Waals surface area contributed by atoms with Crippen LogP contribution in [0.15, 0.2) is 35.1 Å². The molecular formula is C40H57N3O14S4. The van der Waals surface area contributed by atoms with Crippen molar-refractivity contribution >= 4 is 55.1 Å². The van der Waals surface area contributed by atoms with Crippen LogP contribution >= 0.6 is 43.2 Å². The molecule has 0 aromatic heterocycles. The van der Waals surface area contributed by atoms with E-state index in [1.165, 1.54) is 55.3 Å². The molecule has 0 aromatic carbocycles. The van der Waals surface area contributed by atoms with Crippen molar-refractivity contribution in [1.29, 1.82) is 0 Å². The zero-order valence-electron chi connectivity index (χ0n) is 35.2. The Bertz CT molecular complexity index is 1740. The summed E-state index contributed by atoms with van der Waals surface area (Å²) in [7, 11) is 7.06. The summed E-state index contributed by atoms with van der Waals surface area (Å²) in [5.41, 5.74) is -0.201. The van der Waals surface area contributed by atoms with E-state index in [2.05, 4.69) is 39.8 Å². The third-order valence-corrected chi connectivity index (χ3v) is 15.5. The van der Waals surface area contributed by atoms with Gasteiger partial charge in [0.15, 0.2) is 30.6 Å². The lowest BCUT2D eigenvalue weighted by atomic mass is 9.73. The van der Waals surface area contributed by atoms with Gasteiger partial charge in [0.1, 0.15) is 18.3 Å². The number of Topliss-reactive ketones (excluding diaryl/α,β-unsaturated/α-hetero) is 1. The fraction of sp³-hybridized carbons (Fsp3) is 0.700. The Morgan fingerprint density at radius 2 is 1.82 bits per heavy atom. The molecule has 5 aliphatic rings. The number of ketones is 1. The second-order valence-electron chi connectivity index (χ2n) is 15.0. The largest absolute Gasteiger partial charge is 0.453 e. The zero-order valence-corrected chi connectivity index (χ0v) is 38.5. The molecule has 340 valence electrons. The van der Waals surface area contributed by atoms with Crippen molar-refractivity contribution in [2.24, 2.45) is 0 Å². The van der Waals surface area contributed by atoms with Crippen LogP contribution in [0, 0.1) is 23.7 Å². The number of nitrogens with one attached hydrogen (secondary N) is 3. The Kier molecular flexibility index (Phi) is 19.2. The van der Waals surface area contributed by atoms with Gasteiger partial charge in [0.25, 0.3) is 0 Å². The second kappa shape index (κ2) is 23.4. The van der Waals surface area contributed by atoms with Gasteiger partial charge >= 0.3 is 6.09 Å². The maximum Gasteiger partial charge on any atom is 0.411 e. The first-order chi connectivity index (χ1) is 29.2. The first-order valence-electron chi connectivity index (χ1n) is 19.7. The average molecular weight is 932 g/mol. The van der Waals surface area contributed by atoms with Crippen LogP contribution in [-0.2, 0) is 42.8 Å². The third-order valence-electron chi connectivity index (χ3n) is 10.6. The smallest absolute Gasteiger partial charge is 0.411 e. The topological polar surface area (TPSA) is 225 Å². The van der Waals surface area contributed by atoms with Gasteiger partial charge in [-0.3, -0.25) is 14.9 Å². The molecule has 1 amide bonds. The molecule has 3 fully saturated rings. The first-order valence-corrected chi connectivity index (χ1v) is 25.1. The van der Waals surface area contributed by atoms with Crippen molar-refractivity contribution < 1.29 is 68.0 Å². The zero-order chi connectivity index (χ0) is 44.4. The number of fused-ring (bicyclic) bond motifs is 2. The number of aliphatic hydroxyl groups excluding tert-OH is 3. The molecular weight excluding hydrogens is 875 g/mol. The van der Waals surface area contributed by atoms with Crippen molar-refractivity contribution in [1.82, 2.24) is 16.1 Å². The van der Waals surface area contributed by atoms with E-state index in [0.29, 0.717) is 0 Å². The minimum absolute atomic E-state index is 0.0491. The van der Waals surface area contributed by atoms with Crippen LogP contribution in [0.1, 0.15) is 40.5 Å². The molecule has 3 heterocycles. The second-order valence-corrected chi connectivity index (χ2v) is 20.4. The molecule has 61 heavy (non-hydrogen) atoms. The highest BCUT2D eigenvalue weighted by Crippen LogP contribution is 2.41. The van der Waals surface area contributed by atoms with Crippen molar-refractivity contribution in [2.45, 2.75) is 137 Å². The van der Waals surface area contributed by atoms with Crippen LogP contribution < -0.4 is 16.1 Å². The van der Waals surface area contributed by atoms with E-state index < -0.39 is 84.7 Å². The summed E-state index contributed by atoms with van der Waals surface area (Å²) < 4.78 is 42.5. The van der Waals surface area contributed by atoms with E-state index >= 15 is 0 Å². The number of carbonyl (C=O) groups excluding carboxylic acids is 2. The van der Waals surface area contributed by atoms with E-state index in [-0.39, 0.29) is 65.9 Å². The minimum Gasteiger partial charge on any atom is -0.453 e. The molecule has 2 bridgehead atoms. The van der Waals surface area contributed by atoms with E-state index in [1.54, 1.807) is 20.1 Å². The number of thioether (sulfide) groups is 1. The van der Waals surface area contributed by atoms with E-state index in [1.807, 2.05) is 33.3 Å². The summed E-state index contributed by atoms with van der Waals surface area (Å²) in [6.45, 7) is 7.77. The van der Waals surface area contributed by atoms with Crippen LogP contribution in [-0.4, -0.2) is 168 Å². The van der Waals surface area contributed by atoms with Crippen LogP contribution in [0.2, 0.25) is 0 Å². The lowest BCUT2D eigenvalue weighted by molar-refractivity contribution is -0.336. The molecule has 0 saturated carbocycles. The van der Waals surface area contributed by atoms with Gasteiger partial charge in [-0.05, 0) is 48.3 Å². The quantitative estimate of drug-likeness (QED) is 0.0505. The lowest BCUT2D eigenvalue weighted by Gasteiger charge is -2.47. The molecule has 0 radical (unpaired) electrons. The van der Waals surface area contributed by atoms with Crippen molar-refractivity contribution in [2.75, 3.05) is 39.1 Å². The summed E-state index contributed by atoms with van der Waals surface area (Å²) in [6, 6.07) is -0.964. The number of methoxy groups -OCH3 is 2. The molecule has 3 aliphatic heterocycles. The van der Waals surface area contributed by atoms with Gasteiger partial charge in [-0.15, -0.1) is 0 Å². The fourth-order valence-electron chi connectivity index (χ4n) is 7.65. The monoisotopic (exact) mass is 931 g/mol. The Morgan fingerprint density at radius 1 is 1.07 bits per heavy atom. The van der Waals surface area contributed by atoms with Gasteiger partial charge in [-0.25, -0.2) is 4.79 Å². The number of carbonyl (C=O) groups is 2. The predicted molar refractivity (Wildman–Crippen MR) is 232 cm³/mol. The van der Waals surface area contributed by atoms with Gasteiger partial charge in [0.2, 0.25) is 5.78 Å². The lowest BCUT2D eigenvalue weighted by Crippen LogP contribution is -2.65. The highest BCUT2D eigenvalue weighted by molar-refractivity contribution is 9.09. The number of rotatable bonds is 16. The molecule has 3 unspecified atom stereocenters. The standard InChI is InChI=1S/C40H57N3O14S4/c1-20(2)41-24-19-52-28(18-27(24)50-5)56-35-33(45)31(43-57-29-17-25(44)36(58-7)22(4)53-29)21(3)54-38(35)55-26-13-11-9-10-12-15-40(49)23(14-16-60-61-59-8)30(26)32(34(46)37(40)47)42-39(48)51-6/h9-10,14,20-22,24-29,31,33,35-38,41,43-45,47,49H,16-19H2,1-8H3,(H,42,48)/b10-9-,23-14+/t21-,22-,24-,25+,26?,27+,28+,29+,31-,33+,35-,36-,37?,38+,40?/m1/s1. The average Bonchev–Trinajstić information content (AvgIpc) is 3.22. The fourth-order valence-corrected chi connectivity index (χ4v) is 10.9. The molecule has 2 aliphatic carbocycles. The van der Waals surface area contributed by atoms with Crippen molar-refractivity contribution in [3.63, 3.8) is 0 Å². The number of aliphatic hydroxyl groups is 4. The summed E-state index contributed by atoms with van der Waals surface area (Å²) in [6.07, 6.45) is -4.36. The maximum atomic E-state index is 14.0. The van der Waals surface area contributed by atoms with Crippen LogP contribution in [0.5, 0.6) is 0 Å². The Hall–Kier alpha value is -1.84. The molecule has 5 rings (SSSR count). The molecule has 15 atom stereocenters. The number of hydroxylamine groups is 1. The maximum absolute atomic E-state index is 14.0. The molecule has 21 heteroatoms. The normalized spacial score (nSPS) is 38.9. The van der Waals surface area contributed by atoms with Gasteiger partial charge < -0.3 is 58.9 Å². The molecule has 0 spiro atoms. The predicted octanol–water partition coefficient (Wildman–Crippen LogP) is 1.55. The van der Waals surface area contributed by atoms with Crippen LogP contribution in [0.25, 0.3) is 0 Å². The van der Waals surface area contributed by atoms with Gasteiger partial charge in [0, 0.05) is 42.9 Å². The Labute approximate surface area is 372 Å². The van der Waals surface area contributed by atoms with Gasteiger partial charge in [0.05, 0.1) is 61.2 Å². The number of ether oxygens (including phenoxy) is 7. The number of amides is 1. The third kappa shape index (κ3) is 12.3. The molecule has 0 aromatic rings. The van der Waals surface area contributed by atoms with Gasteiger partial charge in [-0.1, -0.05) is 65.2 Å². The van der Waals surface area contributed by atoms with Crippen molar-refractivity contribution in [3.8, 4) is 23.7 Å². The Morgan fingerprint density at radius 3 is 2.49 bits per heavy atom. The highest BCUT2D eigenvalue weighted by Gasteiger charge is 2.54. The first kappa shape index (κ1) is 50.2. The van der Waals surface area contributed by atoms with Crippen molar-refractivity contribution in [3.05, 3.63) is 35.1 Å². The molecule has 3 saturated heterocycles. The Balaban J connectivity index is 1.54. The summed E-state index contributed by atoms with van der Waals surface area (Å²) >= 11 is 1.50. The van der Waals surface area contributed by atoms with E-state index in [9.17, 15) is 30.0 Å². The SMILES string of the molecule is COC(=O)NC1=C2/C(=C\CSSSC)C(O)(C#C/C=C\C#CC2O[C@@H]2O[C@H](C)[C@@H](NO[C@H]3C[C@H](O)[C@H](SC)[C@@H](C)O3)[C@H](O)[C@H]2O[C@H]2C[C@H](OC)[C@H](NC(C)C)CO2)C(O)C1=O. The van der Waals surface area contributed by atoms with E-state index in [0.717, 1.165) is 7.11 Å². The number of hydrogen-bond acceptors (Lipinski definition) is 20. The minimum atomic E-state index is -2.47. The van der Waals surface area contributed by atoms with Crippen LogP contribution in [0.3, 0.4) is 0 Å². The van der Waals surface area contributed by atoms with E-state index in [4.69, 9.17) is 38.0 Å². The summed E-state index contributed by atoms with van der Waals surface area (Å²) in [5.74, 6) is 10.3. The molecule has 7 N–H and O–H groups in total.